The lowest BCUT2D eigenvalue weighted by atomic mass is 10.0. The van der Waals surface area contributed by atoms with E-state index in [1.165, 1.54) is 32.1 Å². The summed E-state index contributed by atoms with van der Waals surface area (Å²) in [5.41, 5.74) is 0.460. The first-order valence-corrected chi connectivity index (χ1v) is 11.6. The zero-order valence-corrected chi connectivity index (χ0v) is 16.2. The minimum absolute atomic E-state index is 0.460. The number of likely N-dealkylation sites (N-methyl/N-ethyl adjacent to an activating group) is 1. The topological polar surface area (TPSA) is 35.9 Å². The third-order valence-corrected chi connectivity index (χ3v) is 10.1. The number of hydrogen-bond donors (Lipinski definition) is 1. The lowest BCUT2D eigenvalue weighted by Gasteiger charge is -2.42. The van der Waals surface area contributed by atoms with Gasteiger partial charge in [-0.2, -0.15) is 0 Å². The van der Waals surface area contributed by atoms with Crippen LogP contribution in [-0.2, 0) is 0 Å². The van der Waals surface area contributed by atoms with Crippen molar-refractivity contribution in [3.8, 4) is 5.75 Å². The first-order valence-electron chi connectivity index (χ1n) is 9.40. The van der Waals surface area contributed by atoms with E-state index < -0.39 is 8.32 Å². The lowest BCUT2D eigenvalue weighted by Crippen LogP contribution is -2.62. The second-order valence-electron chi connectivity index (χ2n) is 7.54. The highest BCUT2D eigenvalue weighted by molar-refractivity contribution is 6.87. The van der Waals surface area contributed by atoms with E-state index in [0.29, 0.717) is 5.54 Å². The lowest BCUT2D eigenvalue weighted by molar-refractivity contribution is 0.165. The van der Waals surface area contributed by atoms with E-state index in [-0.39, 0.29) is 0 Å². The number of methoxy groups -OCH3 is 1. The second-order valence-corrected chi connectivity index (χ2v) is 11.1. The van der Waals surface area contributed by atoms with E-state index in [0.717, 1.165) is 43.3 Å². The van der Waals surface area contributed by atoms with Crippen molar-refractivity contribution in [1.82, 2.24) is 9.80 Å². The van der Waals surface area contributed by atoms with Crippen molar-refractivity contribution < 1.29 is 9.53 Å². The molecule has 2 aliphatic rings. The minimum atomic E-state index is -2.62. The fraction of sp³-hybridized carbons (Fsp3) is 0.684. The standard InChI is InChI=1S/C19H32N2O2Si/c1-20-12-14-21(15-13-20)16-24(22,17-8-4-3-5-9-17)19-11-7-6-10-18(19)23-2/h6-7,10-11,17,22H,3-5,8-9,12-16H2,1-2H3. The molecule has 0 aromatic heterocycles. The minimum Gasteiger partial charge on any atom is -0.497 e. The quantitative estimate of drug-likeness (QED) is 0.825. The maximum Gasteiger partial charge on any atom is 0.240 e. The Morgan fingerprint density at radius 3 is 2.42 bits per heavy atom. The molecule has 1 aliphatic heterocycles. The van der Waals surface area contributed by atoms with Crippen molar-refractivity contribution >= 4 is 13.5 Å². The fourth-order valence-corrected chi connectivity index (χ4v) is 8.59. The molecule has 24 heavy (non-hydrogen) atoms. The molecule has 0 bridgehead atoms. The van der Waals surface area contributed by atoms with E-state index in [1.54, 1.807) is 7.11 Å². The van der Waals surface area contributed by atoms with Gasteiger partial charge in [0.1, 0.15) is 5.75 Å². The van der Waals surface area contributed by atoms with Crippen LogP contribution in [0.2, 0.25) is 5.54 Å². The molecule has 134 valence electrons. The maximum atomic E-state index is 12.0. The van der Waals surface area contributed by atoms with Crippen molar-refractivity contribution in [3.05, 3.63) is 24.3 Å². The molecule has 1 aliphatic carbocycles. The molecule has 0 spiro atoms. The molecule has 3 rings (SSSR count). The van der Waals surface area contributed by atoms with E-state index in [9.17, 15) is 4.80 Å². The van der Waals surface area contributed by atoms with Gasteiger partial charge < -0.3 is 19.3 Å². The molecule has 0 radical (unpaired) electrons. The molecule has 2 fully saturated rings. The van der Waals surface area contributed by atoms with Crippen molar-refractivity contribution in [2.75, 3.05) is 46.5 Å². The Morgan fingerprint density at radius 1 is 1.08 bits per heavy atom. The highest BCUT2D eigenvalue weighted by atomic mass is 28.4. The molecular weight excluding hydrogens is 316 g/mol. The summed E-state index contributed by atoms with van der Waals surface area (Å²) in [6.45, 7) is 4.32. The summed E-state index contributed by atoms with van der Waals surface area (Å²) in [5.74, 6) is 0.881. The van der Waals surface area contributed by atoms with Gasteiger partial charge in [0.2, 0.25) is 8.32 Å². The number of rotatable bonds is 5. The van der Waals surface area contributed by atoms with Gasteiger partial charge in [-0.05, 0) is 18.7 Å². The normalized spacial score (nSPS) is 23.8. The number of hydrogen-bond acceptors (Lipinski definition) is 4. The zero-order chi connectivity index (χ0) is 17.0. The summed E-state index contributed by atoms with van der Waals surface area (Å²) in [5, 5.41) is 1.11. The number of piperazine rings is 1. The molecule has 1 N–H and O–H groups in total. The summed E-state index contributed by atoms with van der Waals surface area (Å²) in [7, 11) is 1.29. The van der Waals surface area contributed by atoms with Gasteiger partial charge in [-0.15, -0.1) is 0 Å². The van der Waals surface area contributed by atoms with Gasteiger partial charge in [-0.25, -0.2) is 0 Å². The number of nitrogens with zero attached hydrogens (tertiary/aromatic N) is 2. The van der Waals surface area contributed by atoms with Crippen LogP contribution in [0, 0.1) is 0 Å². The van der Waals surface area contributed by atoms with Crippen molar-refractivity contribution in [2.24, 2.45) is 0 Å². The summed E-state index contributed by atoms with van der Waals surface area (Å²) in [6.07, 6.45) is 7.05. The van der Waals surface area contributed by atoms with Gasteiger partial charge >= 0.3 is 0 Å². The van der Waals surface area contributed by atoms with Crippen LogP contribution >= 0.6 is 0 Å². The molecule has 1 saturated heterocycles. The monoisotopic (exact) mass is 348 g/mol. The Bertz CT molecular complexity index is 528. The summed E-state index contributed by atoms with van der Waals surface area (Å²) in [6, 6.07) is 8.20. The zero-order valence-electron chi connectivity index (χ0n) is 15.2. The first kappa shape index (κ1) is 17.9. The van der Waals surface area contributed by atoms with Gasteiger partial charge in [-0.3, -0.25) is 0 Å². The van der Waals surface area contributed by atoms with Gasteiger partial charge in [0.05, 0.1) is 7.11 Å². The summed E-state index contributed by atoms with van der Waals surface area (Å²) < 4.78 is 5.64. The van der Waals surface area contributed by atoms with Crippen LogP contribution < -0.4 is 9.92 Å². The average Bonchev–Trinajstić information content (AvgIpc) is 2.64. The van der Waals surface area contributed by atoms with Crippen LogP contribution in [0.1, 0.15) is 32.1 Å². The van der Waals surface area contributed by atoms with E-state index >= 15 is 0 Å². The molecule has 4 nitrogen and oxygen atoms in total. The largest absolute Gasteiger partial charge is 0.497 e. The van der Waals surface area contributed by atoms with Crippen LogP contribution in [-0.4, -0.2) is 69.4 Å². The molecule has 1 aromatic carbocycles. The molecule has 0 amide bonds. The van der Waals surface area contributed by atoms with Crippen LogP contribution in [0.4, 0.5) is 0 Å². The molecule has 5 heteroatoms. The SMILES string of the molecule is COc1ccccc1[Si](O)(CN1CCN(C)CC1)C1CCCCC1. The van der Waals surface area contributed by atoms with Crippen molar-refractivity contribution in [1.29, 1.82) is 0 Å². The Morgan fingerprint density at radius 2 is 1.75 bits per heavy atom. The van der Waals surface area contributed by atoms with Crippen molar-refractivity contribution in [2.45, 2.75) is 37.6 Å². The third kappa shape index (κ3) is 3.85. The maximum absolute atomic E-state index is 12.0. The predicted octanol–water partition coefficient (Wildman–Crippen LogP) is 1.96. The van der Waals surface area contributed by atoms with Crippen LogP contribution in [0.3, 0.4) is 0 Å². The summed E-state index contributed by atoms with van der Waals surface area (Å²) >= 11 is 0. The second kappa shape index (κ2) is 8.00. The molecule has 1 unspecified atom stereocenters. The van der Waals surface area contributed by atoms with Gasteiger partial charge in [-0.1, -0.05) is 50.3 Å². The summed E-state index contributed by atoms with van der Waals surface area (Å²) in [4.78, 5) is 16.9. The third-order valence-electron chi connectivity index (χ3n) is 5.91. The Labute approximate surface area is 147 Å². The highest BCUT2D eigenvalue weighted by Gasteiger charge is 2.45. The van der Waals surface area contributed by atoms with Crippen LogP contribution in [0.15, 0.2) is 24.3 Å². The molecule has 1 atom stereocenters. The van der Waals surface area contributed by atoms with Gasteiger partial charge in [0, 0.05) is 37.5 Å². The van der Waals surface area contributed by atoms with E-state index in [1.807, 2.05) is 12.1 Å². The molecular formula is C19H32N2O2Si. The van der Waals surface area contributed by atoms with E-state index in [4.69, 9.17) is 4.74 Å². The first-order chi connectivity index (χ1) is 11.6. The van der Waals surface area contributed by atoms with Crippen LogP contribution in [0.5, 0.6) is 5.75 Å². The Hall–Kier alpha value is -0.883. The fourth-order valence-electron chi connectivity index (χ4n) is 4.36. The van der Waals surface area contributed by atoms with Gasteiger partial charge in [0.25, 0.3) is 0 Å². The van der Waals surface area contributed by atoms with Crippen molar-refractivity contribution in [3.63, 3.8) is 0 Å². The Kier molecular flexibility index (Phi) is 5.97. The predicted molar refractivity (Wildman–Crippen MR) is 101 cm³/mol. The Balaban J connectivity index is 1.88. The number of para-hydroxylation sites is 1. The van der Waals surface area contributed by atoms with Gasteiger partial charge in [0.15, 0.2) is 0 Å². The molecule has 1 heterocycles. The molecule has 1 aromatic rings. The van der Waals surface area contributed by atoms with Crippen LogP contribution in [0.25, 0.3) is 0 Å². The highest BCUT2D eigenvalue weighted by Crippen LogP contribution is 2.37. The van der Waals surface area contributed by atoms with E-state index in [2.05, 4.69) is 29.0 Å². The number of benzene rings is 1. The number of ether oxygens (including phenoxy) is 1. The smallest absolute Gasteiger partial charge is 0.240 e. The molecule has 1 saturated carbocycles. The average molecular weight is 349 g/mol.